The molecule has 1 saturated heterocycles. The van der Waals surface area contributed by atoms with Crippen LogP contribution in [-0.4, -0.2) is 37.6 Å². The third kappa shape index (κ3) is 4.12. The van der Waals surface area contributed by atoms with Crippen LogP contribution in [0.25, 0.3) is 0 Å². The van der Waals surface area contributed by atoms with Crippen molar-refractivity contribution in [3.8, 4) is 5.75 Å². The van der Waals surface area contributed by atoms with Crippen molar-refractivity contribution in [1.82, 2.24) is 4.31 Å². The highest BCUT2D eigenvalue weighted by Crippen LogP contribution is 2.40. The molecule has 0 aromatic heterocycles. The van der Waals surface area contributed by atoms with Gasteiger partial charge in [0.25, 0.3) is 0 Å². The molecule has 2 aliphatic rings. The van der Waals surface area contributed by atoms with Gasteiger partial charge in [0.1, 0.15) is 11.6 Å². The molecule has 31 heavy (non-hydrogen) atoms. The SMILES string of the molecule is CC1CC(=O)c2c(OC(=O)C3CCCN(S(=O)(=O)c4ccc(Cl)cc4)C3)ccc(F)c21. The van der Waals surface area contributed by atoms with Crippen molar-refractivity contribution in [2.45, 2.75) is 37.0 Å². The van der Waals surface area contributed by atoms with E-state index in [9.17, 15) is 22.4 Å². The zero-order valence-corrected chi connectivity index (χ0v) is 18.4. The molecule has 0 radical (unpaired) electrons. The number of nitrogens with zero attached hydrogens (tertiary/aromatic N) is 1. The zero-order valence-electron chi connectivity index (χ0n) is 16.8. The fourth-order valence-electron chi connectivity index (χ4n) is 4.21. The average Bonchev–Trinajstić information content (AvgIpc) is 3.05. The fraction of sp³-hybridized carbons (Fsp3) is 0.364. The van der Waals surface area contributed by atoms with Crippen LogP contribution in [-0.2, 0) is 14.8 Å². The second-order valence-corrected chi connectivity index (χ2v) is 10.3. The normalized spacial score (nSPS) is 21.7. The van der Waals surface area contributed by atoms with Crippen molar-refractivity contribution >= 4 is 33.4 Å². The first-order chi connectivity index (χ1) is 14.7. The number of sulfonamides is 1. The summed E-state index contributed by atoms with van der Waals surface area (Å²) in [7, 11) is -3.79. The van der Waals surface area contributed by atoms with E-state index >= 15 is 0 Å². The van der Waals surface area contributed by atoms with Gasteiger partial charge in [-0.1, -0.05) is 18.5 Å². The standard InChI is InChI=1S/C22H21ClFNO5S/c1-13-11-18(26)21-19(9-8-17(24)20(13)21)30-22(27)14-3-2-10-25(12-14)31(28,29)16-6-4-15(23)5-7-16/h4-9,13-14H,2-3,10-12H2,1H3. The number of ketones is 1. The summed E-state index contributed by atoms with van der Waals surface area (Å²) in [5.74, 6) is -2.32. The lowest BCUT2D eigenvalue weighted by atomic mass is 9.99. The Morgan fingerprint density at radius 2 is 1.90 bits per heavy atom. The van der Waals surface area contributed by atoms with Crippen LogP contribution in [0.2, 0.25) is 5.02 Å². The zero-order chi connectivity index (χ0) is 22.3. The summed E-state index contributed by atoms with van der Waals surface area (Å²) < 4.78 is 46.8. The highest BCUT2D eigenvalue weighted by Gasteiger charge is 2.37. The third-order valence-corrected chi connectivity index (χ3v) is 7.93. The maximum Gasteiger partial charge on any atom is 0.315 e. The molecule has 2 aromatic carbocycles. The minimum absolute atomic E-state index is 0.0302. The number of carbonyl (C=O) groups excluding carboxylic acids is 2. The summed E-state index contributed by atoms with van der Waals surface area (Å²) in [5, 5.41) is 0.426. The van der Waals surface area contributed by atoms with Crippen LogP contribution in [0.1, 0.15) is 48.0 Å². The summed E-state index contributed by atoms with van der Waals surface area (Å²) in [4.78, 5) is 25.2. The van der Waals surface area contributed by atoms with Gasteiger partial charge >= 0.3 is 5.97 Å². The summed E-state index contributed by atoms with van der Waals surface area (Å²) in [6.45, 7) is 2.01. The first-order valence-corrected chi connectivity index (χ1v) is 11.8. The van der Waals surface area contributed by atoms with Crippen molar-refractivity contribution in [1.29, 1.82) is 0 Å². The predicted molar refractivity (Wildman–Crippen MR) is 112 cm³/mol. The van der Waals surface area contributed by atoms with E-state index in [0.29, 0.717) is 17.9 Å². The number of rotatable bonds is 4. The van der Waals surface area contributed by atoms with Crippen molar-refractivity contribution in [2.24, 2.45) is 5.92 Å². The van der Waals surface area contributed by atoms with Crippen LogP contribution >= 0.6 is 11.6 Å². The molecule has 2 aromatic rings. The van der Waals surface area contributed by atoms with E-state index < -0.39 is 27.7 Å². The number of piperidine rings is 1. The Labute approximate surface area is 185 Å². The summed E-state index contributed by atoms with van der Waals surface area (Å²) in [5.41, 5.74) is 0.383. The Hall–Kier alpha value is -2.29. The van der Waals surface area contributed by atoms with Crippen LogP contribution in [0.5, 0.6) is 5.75 Å². The van der Waals surface area contributed by atoms with Crippen molar-refractivity contribution < 1.29 is 27.1 Å². The minimum atomic E-state index is -3.79. The molecule has 0 bridgehead atoms. The van der Waals surface area contributed by atoms with Crippen molar-refractivity contribution in [3.63, 3.8) is 0 Å². The molecule has 6 nitrogen and oxygen atoms in total. The lowest BCUT2D eigenvalue weighted by molar-refractivity contribution is -0.140. The highest BCUT2D eigenvalue weighted by molar-refractivity contribution is 7.89. The van der Waals surface area contributed by atoms with Gasteiger partial charge < -0.3 is 4.74 Å². The van der Waals surface area contributed by atoms with Gasteiger partial charge in [0.15, 0.2) is 5.78 Å². The molecular formula is C22H21ClFNO5S. The molecule has 2 atom stereocenters. The lowest BCUT2D eigenvalue weighted by Gasteiger charge is -2.30. The summed E-state index contributed by atoms with van der Waals surface area (Å²) in [6, 6.07) is 8.32. The molecule has 1 fully saturated rings. The molecule has 9 heteroatoms. The molecular weight excluding hydrogens is 445 g/mol. The van der Waals surface area contributed by atoms with Crippen LogP contribution in [0.4, 0.5) is 4.39 Å². The largest absolute Gasteiger partial charge is 0.425 e. The van der Waals surface area contributed by atoms with Crippen LogP contribution < -0.4 is 4.74 Å². The molecule has 0 amide bonds. The Morgan fingerprint density at radius 1 is 1.19 bits per heavy atom. The Morgan fingerprint density at radius 3 is 2.61 bits per heavy atom. The van der Waals surface area contributed by atoms with Gasteiger partial charge in [-0.2, -0.15) is 4.31 Å². The van der Waals surface area contributed by atoms with E-state index in [1.807, 2.05) is 0 Å². The topological polar surface area (TPSA) is 80.8 Å². The highest BCUT2D eigenvalue weighted by atomic mass is 35.5. The predicted octanol–water partition coefficient (Wildman–Crippen LogP) is 4.18. The van der Waals surface area contributed by atoms with Gasteiger partial charge in [-0.3, -0.25) is 9.59 Å². The second-order valence-electron chi connectivity index (χ2n) is 7.94. The smallest absolute Gasteiger partial charge is 0.315 e. The van der Waals surface area contributed by atoms with Crippen LogP contribution in [0.3, 0.4) is 0 Å². The number of hydrogen-bond donors (Lipinski definition) is 0. The maximum atomic E-state index is 14.2. The number of hydrogen-bond acceptors (Lipinski definition) is 5. The number of fused-ring (bicyclic) bond motifs is 1. The molecule has 0 N–H and O–H groups in total. The summed E-state index contributed by atoms with van der Waals surface area (Å²) in [6.07, 6.45) is 1.11. The van der Waals surface area contributed by atoms with E-state index in [2.05, 4.69) is 0 Å². The summed E-state index contributed by atoms with van der Waals surface area (Å²) >= 11 is 5.84. The third-order valence-electron chi connectivity index (χ3n) is 5.80. The van der Waals surface area contributed by atoms with Gasteiger partial charge in [-0.25, -0.2) is 12.8 Å². The maximum absolute atomic E-state index is 14.2. The minimum Gasteiger partial charge on any atom is -0.425 e. The van der Waals surface area contributed by atoms with E-state index in [-0.39, 0.29) is 53.0 Å². The molecule has 1 aliphatic heterocycles. The van der Waals surface area contributed by atoms with Crippen LogP contribution in [0.15, 0.2) is 41.3 Å². The van der Waals surface area contributed by atoms with E-state index in [1.165, 1.54) is 40.7 Å². The lowest BCUT2D eigenvalue weighted by Crippen LogP contribution is -2.43. The van der Waals surface area contributed by atoms with Gasteiger partial charge in [0, 0.05) is 30.1 Å². The Bertz CT molecular complexity index is 1150. The van der Waals surface area contributed by atoms with Crippen molar-refractivity contribution in [2.75, 3.05) is 13.1 Å². The van der Waals surface area contributed by atoms with E-state index in [0.717, 1.165) is 0 Å². The number of halogens is 2. The van der Waals surface area contributed by atoms with E-state index in [4.69, 9.17) is 16.3 Å². The fourth-order valence-corrected chi connectivity index (χ4v) is 5.86. The Kier molecular flexibility index (Phi) is 5.89. The molecule has 1 aliphatic carbocycles. The van der Waals surface area contributed by atoms with Crippen molar-refractivity contribution in [3.05, 3.63) is 58.4 Å². The average molecular weight is 466 g/mol. The number of ether oxygens (including phenoxy) is 1. The van der Waals surface area contributed by atoms with Gasteiger partial charge in [-0.15, -0.1) is 0 Å². The van der Waals surface area contributed by atoms with Crippen LogP contribution in [0, 0.1) is 11.7 Å². The molecule has 0 spiro atoms. The number of Topliss-reactive ketones (excluding diaryl/α,β-unsaturated/α-hetero) is 1. The van der Waals surface area contributed by atoms with Gasteiger partial charge in [-0.05, 0) is 55.2 Å². The van der Waals surface area contributed by atoms with E-state index in [1.54, 1.807) is 6.92 Å². The number of benzene rings is 2. The first-order valence-electron chi connectivity index (χ1n) is 10.0. The van der Waals surface area contributed by atoms with Gasteiger partial charge in [0.05, 0.1) is 16.4 Å². The van der Waals surface area contributed by atoms with Gasteiger partial charge in [0.2, 0.25) is 10.0 Å². The second kappa shape index (κ2) is 8.33. The number of carbonyl (C=O) groups is 2. The number of esters is 1. The molecule has 164 valence electrons. The molecule has 0 saturated carbocycles. The quantitative estimate of drug-likeness (QED) is 0.500. The monoisotopic (exact) mass is 465 g/mol. The first kappa shape index (κ1) is 21.9. The Balaban J connectivity index is 1.53. The molecule has 1 heterocycles. The molecule has 2 unspecified atom stereocenters. The molecule has 4 rings (SSSR count).